The van der Waals surface area contributed by atoms with E-state index in [-0.39, 0.29) is 12.5 Å². The molecule has 2 N–H and O–H groups in total. The number of amides is 2. The summed E-state index contributed by atoms with van der Waals surface area (Å²) in [4.78, 5) is 23.2. The molecule has 1 atom stereocenters. The molecule has 0 aliphatic carbocycles. The molecule has 1 rings (SSSR count). The lowest BCUT2D eigenvalue weighted by Crippen LogP contribution is -2.48. The number of hydrogen-bond donors (Lipinski definition) is 2. The molecule has 1 heterocycles. The Bertz CT molecular complexity index is 421. The molecule has 1 aliphatic rings. The number of sulfonamides is 1. The predicted molar refractivity (Wildman–Crippen MR) is 66.3 cm³/mol. The van der Waals surface area contributed by atoms with Gasteiger partial charge in [-0.3, -0.25) is 9.59 Å². The Labute approximate surface area is 107 Å². The van der Waals surface area contributed by atoms with E-state index in [1.807, 2.05) is 0 Å². The molecule has 8 heteroatoms. The summed E-state index contributed by atoms with van der Waals surface area (Å²) in [6, 6.07) is -0.562. The minimum atomic E-state index is -3.39. The molecule has 0 aromatic rings. The molecule has 0 spiro atoms. The van der Waals surface area contributed by atoms with Gasteiger partial charge in [-0.1, -0.05) is 0 Å². The molecule has 1 saturated heterocycles. The molecule has 0 aromatic heterocycles. The first-order chi connectivity index (χ1) is 8.30. The van der Waals surface area contributed by atoms with Gasteiger partial charge >= 0.3 is 0 Å². The molecular weight excluding hydrogens is 258 g/mol. The van der Waals surface area contributed by atoms with Gasteiger partial charge in [-0.15, -0.1) is 0 Å². The number of nitrogens with zero attached hydrogens (tertiary/aromatic N) is 1. The van der Waals surface area contributed by atoms with E-state index < -0.39 is 22.0 Å². The van der Waals surface area contributed by atoms with Crippen LogP contribution in [0.2, 0.25) is 0 Å². The van der Waals surface area contributed by atoms with Crippen LogP contribution in [0, 0.1) is 0 Å². The van der Waals surface area contributed by atoms with Crippen LogP contribution in [0.25, 0.3) is 0 Å². The highest BCUT2D eigenvalue weighted by Gasteiger charge is 2.23. The lowest BCUT2D eigenvalue weighted by molar-refractivity contribution is -0.128. The number of hydrogen-bond acceptors (Lipinski definition) is 4. The molecule has 0 unspecified atom stereocenters. The van der Waals surface area contributed by atoms with Crippen molar-refractivity contribution in [2.24, 2.45) is 0 Å². The van der Waals surface area contributed by atoms with Gasteiger partial charge in [0.2, 0.25) is 21.8 Å². The fraction of sp³-hybridized carbons (Fsp3) is 0.800. The molecule has 1 fully saturated rings. The zero-order chi connectivity index (χ0) is 13.8. The summed E-state index contributed by atoms with van der Waals surface area (Å²) < 4.78 is 23.2. The monoisotopic (exact) mass is 277 g/mol. The van der Waals surface area contributed by atoms with Crippen LogP contribution >= 0.6 is 0 Å². The Hall–Kier alpha value is -1.15. The molecule has 0 saturated carbocycles. The maximum atomic E-state index is 11.6. The first kappa shape index (κ1) is 14.9. The van der Waals surface area contributed by atoms with Gasteiger partial charge in [0.15, 0.2) is 0 Å². The highest BCUT2D eigenvalue weighted by Crippen LogP contribution is 2.05. The van der Waals surface area contributed by atoms with Crippen molar-refractivity contribution < 1.29 is 18.0 Å². The van der Waals surface area contributed by atoms with E-state index in [0.717, 1.165) is 23.4 Å². The van der Waals surface area contributed by atoms with Crippen LogP contribution in [0.1, 0.15) is 19.3 Å². The van der Waals surface area contributed by atoms with E-state index in [2.05, 4.69) is 10.6 Å². The summed E-state index contributed by atoms with van der Waals surface area (Å²) in [7, 11) is -2.07. The van der Waals surface area contributed by atoms with Gasteiger partial charge in [0.05, 0.1) is 12.8 Å². The minimum absolute atomic E-state index is 0.206. The van der Waals surface area contributed by atoms with E-state index in [1.165, 1.54) is 7.05 Å². The highest BCUT2D eigenvalue weighted by atomic mass is 32.2. The van der Waals surface area contributed by atoms with Gasteiger partial charge in [0.25, 0.3) is 0 Å². The smallest absolute Gasteiger partial charge is 0.242 e. The van der Waals surface area contributed by atoms with Crippen molar-refractivity contribution in [3.05, 3.63) is 0 Å². The van der Waals surface area contributed by atoms with Crippen molar-refractivity contribution in [2.45, 2.75) is 25.3 Å². The lowest BCUT2D eigenvalue weighted by Gasteiger charge is -2.18. The summed E-state index contributed by atoms with van der Waals surface area (Å²) in [5, 5.41) is 5.25. The van der Waals surface area contributed by atoms with Crippen LogP contribution in [-0.4, -0.2) is 57.0 Å². The molecule has 104 valence electrons. The highest BCUT2D eigenvalue weighted by molar-refractivity contribution is 7.88. The largest absolute Gasteiger partial charge is 0.354 e. The van der Waals surface area contributed by atoms with Crippen LogP contribution in [0.3, 0.4) is 0 Å². The predicted octanol–water partition coefficient (Wildman–Crippen LogP) is -1.34. The van der Waals surface area contributed by atoms with Crippen LogP contribution in [0.5, 0.6) is 0 Å². The third-order valence-electron chi connectivity index (χ3n) is 2.80. The summed E-state index contributed by atoms with van der Waals surface area (Å²) >= 11 is 0. The second-order valence-electron chi connectivity index (χ2n) is 4.43. The molecule has 0 bridgehead atoms. The summed E-state index contributed by atoms with van der Waals surface area (Å²) in [6.45, 7) is 0.344. The fourth-order valence-electron chi connectivity index (χ4n) is 1.64. The normalized spacial score (nSPS) is 21.3. The van der Waals surface area contributed by atoms with Crippen LogP contribution < -0.4 is 10.6 Å². The van der Waals surface area contributed by atoms with Crippen LogP contribution in [0.4, 0.5) is 0 Å². The van der Waals surface area contributed by atoms with E-state index in [0.29, 0.717) is 13.0 Å². The number of nitrogens with one attached hydrogen (secondary N) is 2. The third-order valence-corrected chi connectivity index (χ3v) is 4.06. The Morgan fingerprint density at radius 3 is 2.78 bits per heavy atom. The van der Waals surface area contributed by atoms with E-state index in [4.69, 9.17) is 0 Å². The standard InChI is InChI=1S/C10H19N3O4S/c1-13(18(2,16)17)7-9(14)12-8-5-3-4-6-11-10(8)15/h8H,3-7H2,1-2H3,(H,11,15)(H,12,14)/t8-/m1/s1. The second-order valence-corrected chi connectivity index (χ2v) is 6.52. The summed E-state index contributed by atoms with van der Waals surface area (Å²) in [5.41, 5.74) is 0. The number of carbonyl (C=O) groups excluding carboxylic acids is 2. The Kier molecular flexibility index (Phi) is 5.09. The summed E-state index contributed by atoms with van der Waals surface area (Å²) in [5.74, 6) is -0.673. The molecule has 0 aromatic carbocycles. The van der Waals surface area contributed by atoms with E-state index in [9.17, 15) is 18.0 Å². The lowest BCUT2D eigenvalue weighted by atomic mass is 10.1. The second kappa shape index (κ2) is 6.14. The Morgan fingerprint density at radius 2 is 2.17 bits per heavy atom. The number of likely N-dealkylation sites (N-methyl/N-ethyl adjacent to an activating group) is 1. The van der Waals surface area contributed by atoms with E-state index >= 15 is 0 Å². The van der Waals surface area contributed by atoms with Crippen molar-refractivity contribution >= 4 is 21.8 Å². The van der Waals surface area contributed by atoms with Gasteiger partial charge < -0.3 is 10.6 Å². The van der Waals surface area contributed by atoms with Gasteiger partial charge in [0, 0.05) is 13.6 Å². The maximum Gasteiger partial charge on any atom is 0.242 e. The average molecular weight is 277 g/mol. The SMILES string of the molecule is CN(CC(=O)N[C@@H]1CCCCNC1=O)S(C)(=O)=O. The zero-order valence-corrected chi connectivity index (χ0v) is 11.4. The van der Waals surface area contributed by atoms with Gasteiger partial charge in [-0.2, -0.15) is 4.31 Å². The molecular formula is C10H19N3O4S. The molecule has 0 radical (unpaired) electrons. The van der Waals surface area contributed by atoms with Crippen molar-refractivity contribution in [3.8, 4) is 0 Å². The number of carbonyl (C=O) groups is 2. The van der Waals surface area contributed by atoms with Crippen molar-refractivity contribution in [2.75, 3.05) is 26.4 Å². The van der Waals surface area contributed by atoms with Crippen LogP contribution in [-0.2, 0) is 19.6 Å². The van der Waals surface area contributed by atoms with Crippen molar-refractivity contribution in [3.63, 3.8) is 0 Å². The molecule has 18 heavy (non-hydrogen) atoms. The third kappa shape index (κ3) is 4.61. The van der Waals surface area contributed by atoms with Crippen molar-refractivity contribution in [1.29, 1.82) is 0 Å². The van der Waals surface area contributed by atoms with Crippen LogP contribution in [0.15, 0.2) is 0 Å². The van der Waals surface area contributed by atoms with Gasteiger partial charge in [-0.05, 0) is 19.3 Å². The quantitative estimate of drug-likeness (QED) is 0.665. The Morgan fingerprint density at radius 1 is 1.50 bits per heavy atom. The minimum Gasteiger partial charge on any atom is -0.354 e. The molecule has 2 amide bonds. The number of rotatable bonds is 4. The molecule has 7 nitrogen and oxygen atoms in total. The van der Waals surface area contributed by atoms with Gasteiger partial charge in [-0.25, -0.2) is 8.42 Å². The van der Waals surface area contributed by atoms with Gasteiger partial charge in [0.1, 0.15) is 6.04 Å². The fourth-order valence-corrected chi connectivity index (χ4v) is 1.99. The van der Waals surface area contributed by atoms with E-state index in [1.54, 1.807) is 0 Å². The maximum absolute atomic E-state index is 11.6. The first-order valence-electron chi connectivity index (χ1n) is 5.79. The average Bonchev–Trinajstić information content (AvgIpc) is 2.43. The zero-order valence-electron chi connectivity index (χ0n) is 10.6. The first-order valence-corrected chi connectivity index (χ1v) is 7.64. The summed E-state index contributed by atoms with van der Waals surface area (Å²) in [6.07, 6.45) is 3.35. The Balaban J connectivity index is 2.51. The topological polar surface area (TPSA) is 95.6 Å². The van der Waals surface area contributed by atoms with Crippen molar-refractivity contribution in [1.82, 2.24) is 14.9 Å². The molecule has 1 aliphatic heterocycles.